The molecule has 18 heavy (non-hydrogen) atoms. The minimum absolute atomic E-state index is 0.255. The van der Waals surface area contributed by atoms with E-state index in [0.29, 0.717) is 11.7 Å². The minimum atomic E-state index is 0.255. The van der Waals surface area contributed by atoms with Crippen LogP contribution >= 0.6 is 15.9 Å². The molecule has 1 aromatic carbocycles. The molecule has 0 spiro atoms. The molecule has 0 saturated carbocycles. The molecular weight excluding hydrogens is 296 g/mol. The van der Waals surface area contributed by atoms with Crippen LogP contribution in [0.5, 0.6) is 0 Å². The summed E-state index contributed by atoms with van der Waals surface area (Å²) in [5.74, 6) is 1.01. The van der Waals surface area contributed by atoms with Crippen LogP contribution < -0.4 is 5.73 Å². The zero-order chi connectivity index (χ0) is 12.7. The van der Waals surface area contributed by atoms with Crippen molar-refractivity contribution in [1.29, 1.82) is 0 Å². The fraction of sp³-hybridized carbons (Fsp3) is 0.167. The van der Waals surface area contributed by atoms with Crippen molar-refractivity contribution in [2.45, 2.75) is 6.54 Å². The van der Waals surface area contributed by atoms with Crippen LogP contribution in [0.4, 0.5) is 0 Å². The molecule has 0 radical (unpaired) electrons. The van der Waals surface area contributed by atoms with Crippen molar-refractivity contribution in [3.63, 3.8) is 0 Å². The topological polar surface area (TPSA) is 69.9 Å². The smallest absolute Gasteiger partial charge is 0.240 e. The summed E-state index contributed by atoms with van der Waals surface area (Å²) in [6.07, 6.45) is 2.02. The number of aryl methyl sites for hydroxylation is 1. The van der Waals surface area contributed by atoms with Crippen molar-refractivity contribution in [3.05, 3.63) is 34.8 Å². The molecule has 0 saturated heterocycles. The van der Waals surface area contributed by atoms with Crippen LogP contribution in [0, 0.1) is 0 Å². The molecule has 92 valence electrons. The summed E-state index contributed by atoms with van der Waals surface area (Å²) in [7, 11) is 2.00. The van der Waals surface area contributed by atoms with Gasteiger partial charge in [0.1, 0.15) is 0 Å². The third-order valence-electron chi connectivity index (χ3n) is 2.84. The lowest BCUT2D eigenvalue weighted by atomic mass is 10.1. The minimum Gasteiger partial charge on any atom is -0.349 e. The number of aromatic nitrogens is 3. The summed E-state index contributed by atoms with van der Waals surface area (Å²) in [6, 6.07) is 6.04. The van der Waals surface area contributed by atoms with E-state index in [1.165, 1.54) is 0 Å². The Kier molecular flexibility index (Phi) is 2.68. The second-order valence-electron chi connectivity index (χ2n) is 4.04. The molecule has 3 aromatic rings. The van der Waals surface area contributed by atoms with Gasteiger partial charge in [0.05, 0.1) is 6.54 Å². The Morgan fingerprint density at radius 1 is 1.44 bits per heavy atom. The third kappa shape index (κ3) is 1.74. The molecule has 0 unspecified atom stereocenters. The molecule has 0 fully saturated rings. The first-order valence-corrected chi connectivity index (χ1v) is 6.26. The predicted molar refractivity (Wildman–Crippen MR) is 71.8 cm³/mol. The van der Waals surface area contributed by atoms with Crippen molar-refractivity contribution >= 4 is 26.8 Å². The van der Waals surface area contributed by atoms with E-state index in [2.05, 4.69) is 26.1 Å². The number of halogens is 1. The molecule has 3 rings (SSSR count). The van der Waals surface area contributed by atoms with Crippen molar-refractivity contribution < 1.29 is 4.52 Å². The highest BCUT2D eigenvalue weighted by molar-refractivity contribution is 9.10. The van der Waals surface area contributed by atoms with Crippen LogP contribution in [0.2, 0.25) is 0 Å². The van der Waals surface area contributed by atoms with Gasteiger partial charge in [-0.15, -0.1) is 0 Å². The summed E-state index contributed by atoms with van der Waals surface area (Å²) in [5, 5.41) is 5.07. The van der Waals surface area contributed by atoms with E-state index in [1.807, 2.05) is 36.0 Å². The highest BCUT2D eigenvalue weighted by atomic mass is 79.9. The van der Waals surface area contributed by atoms with Crippen LogP contribution in [0.1, 0.15) is 5.89 Å². The van der Waals surface area contributed by atoms with E-state index < -0.39 is 0 Å². The van der Waals surface area contributed by atoms with E-state index in [4.69, 9.17) is 10.3 Å². The molecule has 0 atom stereocenters. The van der Waals surface area contributed by atoms with Gasteiger partial charge in [-0.2, -0.15) is 4.98 Å². The molecule has 0 bridgehead atoms. The van der Waals surface area contributed by atoms with E-state index in [0.717, 1.165) is 20.9 Å². The van der Waals surface area contributed by atoms with Crippen molar-refractivity contribution in [1.82, 2.24) is 14.7 Å². The standard InChI is InChI=1S/C12H11BrN4O/c1-17-6-9(13)8-3-2-7(4-10(8)17)12-15-11(5-14)18-16-12/h2-4,6H,5,14H2,1H3. The third-order valence-corrected chi connectivity index (χ3v) is 3.47. The molecular formula is C12H11BrN4O. The van der Waals surface area contributed by atoms with Gasteiger partial charge >= 0.3 is 0 Å². The molecule has 2 N–H and O–H groups in total. The van der Waals surface area contributed by atoms with Crippen molar-refractivity contribution in [2.24, 2.45) is 12.8 Å². The van der Waals surface area contributed by atoms with Gasteiger partial charge in [-0.05, 0) is 22.0 Å². The first-order valence-electron chi connectivity index (χ1n) is 5.46. The zero-order valence-electron chi connectivity index (χ0n) is 9.72. The molecule has 2 heterocycles. The predicted octanol–water partition coefficient (Wildman–Crippen LogP) is 2.45. The van der Waals surface area contributed by atoms with E-state index in [1.54, 1.807) is 0 Å². The average Bonchev–Trinajstić information content (AvgIpc) is 2.95. The molecule has 0 aliphatic carbocycles. The molecule has 6 heteroatoms. The van der Waals surface area contributed by atoms with E-state index in [-0.39, 0.29) is 6.54 Å². The Morgan fingerprint density at radius 2 is 2.28 bits per heavy atom. The Labute approximate surface area is 112 Å². The van der Waals surface area contributed by atoms with Crippen LogP contribution in [0.15, 0.2) is 33.4 Å². The van der Waals surface area contributed by atoms with Gasteiger partial charge in [-0.25, -0.2) is 0 Å². The second kappa shape index (κ2) is 4.22. The fourth-order valence-corrected chi connectivity index (χ4v) is 2.57. The maximum atomic E-state index is 5.45. The quantitative estimate of drug-likeness (QED) is 0.789. The van der Waals surface area contributed by atoms with Gasteiger partial charge in [0.2, 0.25) is 11.7 Å². The number of benzene rings is 1. The number of nitrogens with zero attached hydrogens (tertiary/aromatic N) is 3. The van der Waals surface area contributed by atoms with Crippen LogP contribution in [-0.2, 0) is 13.6 Å². The molecule has 2 aromatic heterocycles. The Bertz CT molecular complexity index is 716. The monoisotopic (exact) mass is 306 g/mol. The van der Waals surface area contributed by atoms with Gasteiger partial charge in [0.25, 0.3) is 0 Å². The lowest BCUT2D eigenvalue weighted by molar-refractivity contribution is 0.380. The fourth-order valence-electron chi connectivity index (χ4n) is 1.93. The normalized spacial score (nSPS) is 11.3. The number of hydrogen-bond acceptors (Lipinski definition) is 4. The van der Waals surface area contributed by atoms with Gasteiger partial charge < -0.3 is 14.8 Å². The highest BCUT2D eigenvalue weighted by Crippen LogP contribution is 2.28. The SMILES string of the molecule is Cn1cc(Br)c2ccc(-c3noc(CN)n3)cc21. The van der Waals surface area contributed by atoms with Crippen molar-refractivity contribution in [3.8, 4) is 11.4 Å². The Hall–Kier alpha value is -1.66. The summed E-state index contributed by atoms with van der Waals surface area (Å²) in [5.41, 5.74) is 7.48. The summed E-state index contributed by atoms with van der Waals surface area (Å²) in [4.78, 5) is 4.22. The summed E-state index contributed by atoms with van der Waals surface area (Å²) < 4.78 is 8.13. The van der Waals surface area contributed by atoms with Gasteiger partial charge in [-0.3, -0.25) is 0 Å². The first kappa shape index (κ1) is 11.4. The van der Waals surface area contributed by atoms with Crippen LogP contribution in [0.3, 0.4) is 0 Å². The molecule has 5 nitrogen and oxygen atoms in total. The van der Waals surface area contributed by atoms with Gasteiger partial charge in [0, 0.05) is 34.2 Å². The average molecular weight is 307 g/mol. The van der Waals surface area contributed by atoms with Gasteiger partial charge in [-0.1, -0.05) is 17.3 Å². The number of hydrogen-bond donors (Lipinski definition) is 1. The number of nitrogens with two attached hydrogens (primary N) is 1. The number of fused-ring (bicyclic) bond motifs is 1. The first-order chi connectivity index (χ1) is 8.69. The second-order valence-corrected chi connectivity index (χ2v) is 4.89. The maximum Gasteiger partial charge on any atom is 0.240 e. The van der Waals surface area contributed by atoms with Gasteiger partial charge in [0.15, 0.2) is 0 Å². The Balaban J connectivity index is 2.15. The Morgan fingerprint density at radius 3 is 3.00 bits per heavy atom. The summed E-state index contributed by atoms with van der Waals surface area (Å²) in [6.45, 7) is 0.255. The largest absolute Gasteiger partial charge is 0.349 e. The molecule has 0 aliphatic heterocycles. The lowest BCUT2D eigenvalue weighted by Gasteiger charge is -1.98. The molecule has 0 amide bonds. The van der Waals surface area contributed by atoms with Crippen LogP contribution in [-0.4, -0.2) is 14.7 Å². The lowest BCUT2D eigenvalue weighted by Crippen LogP contribution is -1.95. The molecule has 0 aliphatic rings. The van der Waals surface area contributed by atoms with E-state index in [9.17, 15) is 0 Å². The number of rotatable bonds is 2. The zero-order valence-corrected chi connectivity index (χ0v) is 11.3. The van der Waals surface area contributed by atoms with Crippen molar-refractivity contribution in [2.75, 3.05) is 0 Å². The summed E-state index contributed by atoms with van der Waals surface area (Å²) >= 11 is 3.53. The maximum absolute atomic E-state index is 5.45. The van der Waals surface area contributed by atoms with E-state index >= 15 is 0 Å². The van der Waals surface area contributed by atoms with Crippen LogP contribution in [0.25, 0.3) is 22.3 Å². The highest BCUT2D eigenvalue weighted by Gasteiger charge is 2.10.